The zero-order valence-electron chi connectivity index (χ0n) is 11.0. The summed E-state index contributed by atoms with van der Waals surface area (Å²) in [4.78, 5) is 0. The molecule has 0 aliphatic carbocycles. The molecule has 1 unspecified atom stereocenters. The van der Waals surface area contributed by atoms with E-state index in [-0.39, 0.29) is 5.38 Å². The molecule has 0 aliphatic heterocycles. The SMILES string of the molecule is COc1ccc(C(Cl)c2ccc(Cl)cc2Br)cc1OC. The maximum Gasteiger partial charge on any atom is 0.161 e. The van der Waals surface area contributed by atoms with E-state index >= 15 is 0 Å². The van der Waals surface area contributed by atoms with Gasteiger partial charge in [-0.2, -0.15) is 0 Å². The fourth-order valence-electron chi connectivity index (χ4n) is 1.90. The molecule has 0 aliphatic rings. The first-order chi connectivity index (χ1) is 9.56. The van der Waals surface area contributed by atoms with Crippen molar-refractivity contribution in [3.05, 3.63) is 57.0 Å². The molecule has 0 bridgehead atoms. The van der Waals surface area contributed by atoms with E-state index in [1.54, 1.807) is 14.2 Å². The summed E-state index contributed by atoms with van der Waals surface area (Å²) in [5, 5.41) is 0.359. The highest BCUT2D eigenvalue weighted by Crippen LogP contribution is 2.38. The summed E-state index contributed by atoms with van der Waals surface area (Å²) in [5.41, 5.74) is 1.87. The van der Waals surface area contributed by atoms with Crippen LogP contribution < -0.4 is 9.47 Å². The number of ether oxygens (including phenoxy) is 2. The molecule has 2 aromatic carbocycles. The smallest absolute Gasteiger partial charge is 0.161 e. The molecule has 0 N–H and O–H groups in total. The zero-order chi connectivity index (χ0) is 14.7. The van der Waals surface area contributed by atoms with E-state index in [1.165, 1.54) is 0 Å². The molecule has 20 heavy (non-hydrogen) atoms. The third kappa shape index (κ3) is 3.22. The van der Waals surface area contributed by atoms with Gasteiger partial charge in [-0.1, -0.05) is 39.7 Å². The minimum atomic E-state index is -0.304. The van der Waals surface area contributed by atoms with Crippen molar-refractivity contribution in [3.8, 4) is 11.5 Å². The lowest BCUT2D eigenvalue weighted by atomic mass is 10.0. The molecule has 0 fully saturated rings. The maximum atomic E-state index is 6.54. The molecule has 0 aromatic heterocycles. The summed E-state index contributed by atoms with van der Waals surface area (Å²) in [6.45, 7) is 0. The summed E-state index contributed by atoms with van der Waals surface area (Å²) in [6.07, 6.45) is 0. The Morgan fingerprint density at radius 1 is 1.00 bits per heavy atom. The minimum absolute atomic E-state index is 0.304. The molecule has 0 spiro atoms. The molecular formula is C15H13BrCl2O2. The number of benzene rings is 2. The van der Waals surface area contributed by atoms with E-state index in [0.29, 0.717) is 16.5 Å². The number of hydrogen-bond donors (Lipinski definition) is 0. The molecule has 0 saturated heterocycles. The van der Waals surface area contributed by atoms with Crippen molar-refractivity contribution in [1.29, 1.82) is 0 Å². The van der Waals surface area contributed by atoms with Gasteiger partial charge >= 0.3 is 0 Å². The Labute approximate surface area is 136 Å². The Kier molecular flexibility index (Phi) is 5.19. The second-order valence-electron chi connectivity index (χ2n) is 4.14. The van der Waals surface area contributed by atoms with Gasteiger partial charge in [0.05, 0.1) is 19.6 Å². The van der Waals surface area contributed by atoms with Gasteiger partial charge in [0.2, 0.25) is 0 Å². The number of rotatable bonds is 4. The molecule has 2 rings (SSSR count). The Morgan fingerprint density at radius 3 is 2.30 bits per heavy atom. The van der Waals surface area contributed by atoms with Crippen molar-refractivity contribution in [1.82, 2.24) is 0 Å². The highest BCUT2D eigenvalue weighted by atomic mass is 79.9. The van der Waals surface area contributed by atoms with Crippen LogP contribution in [0.5, 0.6) is 11.5 Å². The van der Waals surface area contributed by atoms with Gasteiger partial charge in [-0.15, -0.1) is 11.6 Å². The molecule has 2 aromatic rings. The first-order valence-electron chi connectivity index (χ1n) is 5.87. The highest BCUT2D eigenvalue weighted by Gasteiger charge is 2.16. The summed E-state index contributed by atoms with van der Waals surface area (Å²) in [5.74, 6) is 1.33. The fraction of sp³-hybridized carbons (Fsp3) is 0.200. The van der Waals surface area contributed by atoms with Crippen molar-refractivity contribution in [2.75, 3.05) is 14.2 Å². The normalized spacial score (nSPS) is 12.1. The number of alkyl halides is 1. The fourth-order valence-corrected chi connectivity index (χ4v) is 3.27. The van der Waals surface area contributed by atoms with Crippen LogP contribution in [0.15, 0.2) is 40.9 Å². The van der Waals surface area contributed by atoms with E-state index in [4.69, 9.17) is 32.7 Å². The van der Waals surface area contributed by atoms with E-state index in [0.717, 1.165) is 15.6 Å². The minimum Gasteiger partial charge on any atom is -0.493 e. The average Bonchev–Trinajstić information content (AvgIpc) is 2.45. The molecule has 106 valence electrons. The van der Waals surface area contributed by atoms with E-state index in [9.17, 15) is 0 Å². The monoisotopic (exact) mass is 374 g/mol. The van der Waals surface area contributed by atoms with Crippen LogP contribution in [-0.2, 0) is 0 Å². The van der Waals surface area contributed by atoms with Gasteiger partial charge in [0, 0.05) is 9.50 Å². The van der Waals surface area contributed by atoms with Gasteiger partial charge in [0.15, 0.2) is 11.5 Å². The van der Waals surface area contributed by atoms with Gasteiger partial charge in [-0.25, -0.2) is 0 Å². The van der Waals surface area contributed by atoms with Gasteiger partial charge < -0.3 is 9.47 Å². The summed E-state index contributed by atoms with van der Waals surface area (Å²) >= 11 is 16.0. The topological polar surface area (TPSA) is 18.5 Å². The van der Waals surface area contributed by atoms with Crippen LogP contribution in [-0.4, -0.2) is 14.2 Å². The highest BCUT2D eigenvalue weighted by molar-refractivity contribution is 9.10. The van der Waals surface area contributed by atoms with Crippen LogP contribution in [0.2, 0.25) is 5.02 Å². The molecule has 5 heteroatoms. The van der Waals surface area contributed by atoms with Crippen molar-refractivity contribution < 1.29 is 9.47 Å². The molecular weight excluding hydrogens is 363 g/mol. The summed E-state index contributed by atoms with van der Waals surface area (Å²) in [7, 11) is 3.20. The zero-order valence-corrected chi connectivity index (χ0v) is 14.1. The maximum absolute atomic E-state index is 6.54. The first-order valence-corrected chi connectivity index (χ1v) is 7.48. The predicted octanol–water partition coefficient (Wildman–Crippen LogP) is 5.45. The standard InChI is InChI=1S/C15H13BrCl2O2/c1-19-13-6-3-9(7-14(13)20-2)15(18)11-5-4-10(17)8-12(11)16/h3-8,15H,1-2H3. The summed E-state index contributed by atoms with van der Waals surface area (Å²) < 4.78 is 11.4. The molecule has 0 heterocycles. The van der Waals surface area contributed by atoms with Crippen LogP contribution in [0.4, 0.5) is 0 Å². The Bertz CT molecular complexity index is 617. The van der Waals surface area contributed by atoms with E-state index < -0.39 is 0 Å². The second-order valence-corrected chi connectivity index (χ2v) is 5.87. The summed E-state index contributed by atoms with van der Waals surface area (Å²) in [6, 6.07) is 11.2. The van der Waals surface area contributed by atoms with E-state index in [2.05, 4.69) is 15.9 Å². The quantitative estimate of drug-likeness (QED) is 0.661. The van der Waals surface area contributed by atoms with Crippen molar-refractivity contribution >= 4 is 39.1 Å². The Balaban J connectivity index is 2.40. The van der Waals surface area contributed by atoms with Crippen LogP contribution >= 0.6 is 39.1 Å². The Hall–Kier alpha value is -0.900. The number of methoxy groups -OCH3 is 2. The number of halogens is 3. The van der Waals surface area contributed by atoms with Crippen LogP contribution in [0.3, 0.4) is 0 Å². The second kappa shape index (κ2) is 6.70. The van der Waals surface area contributed by atoms with Crippen molar-refractivity contribution in [3.63, 3.8) is 0 Å². The average molecular weight is 376 g/mol. The molecule has 0 radical (unpaired) electrons. The lowest BCUT2D eigenvalue weighted by Gasteiger charge is -2.15. The van der Waals surface area contributed by atoms with Gasteiger partial charge in [-0.3, -0.25) is 0 Å². The largest absolute Gasteiger partial charge is 0.493 e. The van der Waals surface area contributed by atoms with E-state index in [1.807, 2.05) is 36.4 Å². The third-order valence-corrected chi connectivity index (χ3v) is 4.34. The van der Waals surface area contributed by atoms with Gasteiger partial charge in [0.25, 0.3) is 0 Å². The van der Waals surface area contributed by atoms with Gasteiger partial charge in [-0.05, 0) is 35.4 Å². The lowest BCUT2D eigenvalue weighted by molar-refractivity contribution is 0.354. The predicted molar refractivity (Wildman–Crippen MR) is 86.4 cm³/mol. The molecule has 2 nitrogen and oxygen atoms in total. The Morgan fingerprint density at radius 2 is 1.70 bits per heavy atom. The number of hydrogen-bond acceptors (Lipinski definition) is 2. The van der Waals surface area contributed by atoms with Crippen molar-refractivity contribution in [2.45, 2.75) is 5.38 Å². The van der Waals surface area contributed by atoms with Gasteiger partial charge in [0.1, 0.15) is 0 Å². The van der Waals surface area contributed by atoms with Crippen molar-refractivity contribution in [2.24, 2.45) is 0 Å². The van der Waals surface area contributed by atoms with Crippen LogP contribution in [0.25, 0.3) is 0 Å². The van der Waals surface area contributed by atoms with Crippen LogP contribution in [0, 0.1) is 0 Å². The van der Waals surface area contributed by atoms with Crippen LogP contribution in [0.1, 0.15) is 16.5 Å². The molecule has 0 saturated carbocycles. The first kappa shape index (κ1) is 15.5. The molecule has 0 amide bonds. The third-order valence-electron chi connectivity index (χ3n) is 2.94. The lowest BCUT2D eigenvalue weighted by Crippen LogP contribution is -1.97. The molecule has 1 atom stereocenters.